The van der Waals surface area contributed by atoms with Crippen molar-refractivity contribution in [3.8, 4) is 17.1 Å². The molecule has 0 spiro atoms. The molecular formula is C19H16IrN3-. The molecule has 0 aliphatic carbocycles. The molecule has 0 N–H and O–H groups in total. The fourth-order valence-corrected chi connectivity index (χ4v) is 2.55. The molecule has 0 amide bonds. The van der Waals surface area contributed by atoms with Gasteiger partial charge in [-0.05, 0) is 17.5 Å². The zero-order chi connectivity index (χ0) is 15.5. The fraction of sp³-hybridized carbons (Fsp3) is 0.158. The normalized spacial score (nSPS) is 10.2. The van der Waals surface area contributed by atoms with Crippen molar-refractivity contribution in [2.24, 2.45) is 0 Å². The van der Waals surface area contributed by atoms with Crippen LogP contribution in [0.2, 0.25) is 0 Å². The predicted octanol–water partition coefficient (Wildman–Crippen LogP) is 5.01. The molecule has 1 radical (unpaired) electrons. The number of aromatic nitrogens is 2. The van der Waals surface area contributed by atoms with Gasteiger partial charge >= 0.3 is 0 Å². The SMILES string of the molecule is [C-]#[N+]c1cc[c-]c(-c2nccn2-c2ccccc2C(C)C)c1.[Ir]. The van der Waals surface area contributed by atoms with Crippen molar-refractivity contribution in [2.45, 2.75) is 19.8 Å². The van der Waals surface area contributed by atoms with Crippen LogP contribution in [0, 0.1) is 12.6 Å². The fourth-order valence-electron chi connectivity index (χ4n) is 2.55. The van der Waals surface area contributed by atoms with Gasteiger partial charge in [0.25, 0.3) is 0 Å². The van der Waals surface area contributed by atoms with Crippen LogP contribution >= 0.6 is 0 Å². The minimum atomic E-state index is 0. The van der Waals surface area contributed by atoms with Crippen molar-refractivity contribution in [1.82, 2.24) is 9.55 Å². The average Bonchev–Trinajstić information content (AvgIpc) is 3.04. The van der Waals surface area contributed by atoms with Crippen LogP contribution in [0.5, 0.6) is 0 Å². The molecule has 0 unspecified atom stereocenters. The zero-order valence-corrected chi connectivity index (χ0v) is 15.3. The molecular weight excluding hydrogens is 462 g/mol. The van der Waals surface area contributed by atoms with Gasteiger partial charge in [-0.3, -0.25) is 9.83 Å². The van der Waals surface area contributed by atoms with Crippen molar-refractivity contribution in [1.29, 1.82) is 0 Å². The summed E-state index contributed by atoms with van der Waals surface area (Å²) >= 11 is 0. The molecule has 0 saturated carbocycles. The van der Waals surface area contributed by atoms with E-state index in [4.69, 9.17) is 6.57 Å². The van der Waals surface area contributed by atoms with E-state index in [0.29, 0.717) is 11.6 Å². The minimum absolute atomic E-state index is 0. The summed E-state index contributed by atoms with van der Waals surface area (Å²) in [5, 5.41) is 0. The molecule has 117 valence electrons. The van der Waals surface area contributed by atoms with Gasteiger partial charge in [0.1, 0.15) is 5.69 Å². The molecule has 0 bridgehead atoms. The molecule has 0 aliphatic heterocycles. The Balaban J connectivity index is 0.00000192. The number of rotatable bonds is 3. The summed E-state index contributed by atoms with van der Waals surface area (Å²) < 4.78 is 2.06. The summed E-state index contributed by atoms with van der Waals surface area (Å²) in [6.45, 7) is 11.5. The number of nitrogens with zero attached hydrogens (tertiary/aromatic N) is 3. The number of hydrogen-bond acceptors (Lipinski definition) is 1. The minimum Gasteiger partial charge on any atom is -0.340 e. The Morgan fingerprint density at radius 3 is 2.74 bits per heavy atom. The number of hydrogen-bond donors (Lipinski definition) is 0. The molecule has 1 aromatic heterocycles. The first-order valence-electron chi connectivity index (χ1n) is 7.23. The van der Waals surface area contributed by atoms with Gasteiger partial charge in [-0.1, -0.05) is 32.0 Å². The maximum Gasteiger partial charge on any atom is 0.109 e. The second-order valence-electron chi connectivity index (χ2n) is 5.41. The van der Waals surface area contributed by atoms with Crippen molar-refractivity contribution in [3.63, 3.8) is 0 Å². The summed E-state index contributed by atoms with van der Waals surface area (Å²) in [5.74, 6) is 1.23. The van der Waals surface area contributed by atoms with E-state index >= 15 is 0 Å². The largest absolute Gasteiger partial charge is 0.340 e. The molecule has 0 atom stereocenters. The van der Waals surface area contributed by atoms with Crippen LogP contribution < -0.4 is 0 Å². The molecule has 1 heterocycles. The van der Waals surface area contributed by atoms with Crippen LogP contribution in [-0.4, -0.2) is 9.55 Å². The molecule has 3 aromatic rings. The first-order valence-corrected chi connectivity index (χ1v) is 7.23. The third kappa shape index (κ3) is 3.42. The van der Waals surface area contributed by atoms with Gasteiger partial charge in [-0.25, -0.2) is 0 Å². The Kier molecular flexibility index (Phi) is 5.49. The van der Waals surface area contributed by atoms with Crippen LogP contribution in [0.4, 0.5) is 5.69 Å². The van der Waals surface area contributed by atoms with Crippen molar-refractivity contribution < 1.29 is 20.1 Å². The van der Waals surface area contributed by atoms with E-state index in [1.807, 2.05) is 18.3 Å². The van der Waals surface area contributed by atoms with Crippen LogP contribution in [0.15, 0.2) is 54.9 Å². The molecule has 0 aliphatic rings. The third-order valence-corrected chi connectivity index (χ3v) is 3.61. The Bertz CT molecular complexity index is 844. The molecule has 3 rings (SSSR count). The summed E-state index contributed by atoms with van der Waals surface area (Å²) in [6, 6.07) is 16.9. The zero-order valence-electron chi connectivity index (χ0n) is 12.9. The first kappa shape index (κ1) is 17.1. The molecule has 23 heavy (non-hydrogen) atoms. The van der Waals surface area contributed by atoms with E-state index in [-0.39, 0.29) is 20.1 Å². The molecule has 3 nitrogen and oxygen atoms in total. The molecule has 0 saturated heterocycles. The van der Waals surface area contributed by atoms with E-state index in [1.54, 1.807) is 18.3 Å². The maximum absolute atomic E-state index is 7.16. The first-order chi connectivity index (χ1) is 10.7. The summed E-state index contributed by atoms with van der Waals surface area (Å²) in [7, 11) is 0. The van der Waals surface area contributed by atoms with Crippen LogP contribution in [-0.2, 0) is 20.1 Å². The van der Waals surface area contributed by atoms with Crippen LogP contribution in [0.25, 0.3) is 21.9 Å². The standard InChI is InChI=1S/C19H16N3.Ir/c1-14(2)17-9-4-5-10-18(17)22-12-11-21-19(22)15-7-6-8-16(13-15)20-3;/h4-6,8-14H,1-2H3;/q-1;. The van der Waals surface area contributed by atoms with Gasteiger partial charge in [0.15, 0.2) is 0 Å². The molecule has 4 heteroatoms. The third-order valence-electron chi connectivity index (χ3n) is 3.61. The second kappa shape index (κ2) is 7.37. The van der Waals surface area contributed by atoms with Crippen molar-refractivity contribution >= 4 is 5.69 Å². The predicted molar refractivity (Wildman–Crippen MR) is 88.2 cm³/mol. The summed E-state index contributed by atoms with van der Waals surface area (Å²) in [6.07, 6.45) is 3.74. The van der Waals surface area contributed by atoms with E-state index in [0.717, 1.165) is 17.1 Å². The number of imidazole rings is 1. The van der Waals surface area contributed by atoms with Gasteiger partial charge in [0, 0.05) is 38.2 Å². The Morgan fingerprint density at radius 2 is 2.00 bits per heavy atom. The van der Waals surface area contributed by atoms with Gasteiger partial charge in [0.2, 0.25) is 0 Å². The second-order valence-corrected chi connectivity index (χ2v) is 5.41. The van der Waals surface area contributed by atoms with Gasteiger partial charge < -0.3 is 4.57 Å². The molecule has 2 aromatic carbocycles. The monoisotopic (exact) mass is 479 g/mol. The Morgan fingerprint density at radius 1 is 1.22 bits per heavy atom. The van der Waals surface area contributed by atoms with E-state index in [9.17, 15) is 0 Å². The maximum atomic E-state index is 7.16. The van der Waals surface area contributed by atoms with Crippen molar-refractivity contribution in [3.05, 3.63) is 77.9 Å². The van der Waals surface area contributed by atoms with Gasteiger partial charge in [-0.15, -0.1) is 23.8 Å². The van der Waals surface area contributed by atoms with E-state index in [2.05, 4.69) is 52.5 Å². The smallest absolute Gasteiger partial charge is 0.109 e. The van der Waals surface area contributed by atoms with Gasteiger partial charge in [-0.2, -0.15) is 6.07 Å². The van der Waals surface area contributed by atoms with E-state index in [1.165, 1.54) is 5.56 Å². The Labute approximate surface area is 150 Å². The van der Waals surface area contributed by atoms with Gasteiger partial charge in [0.05, 0.1) is 12.4 Å². The summed E-state index contributed by atoms with van der Waals surface area (Å²) in [5.41, 5.74) is 3.81. The number of benzene rings is 2. The average molecular weight is 479 g/mol. The van der Waals surface area contributed by atoms with Crippen LogP contribution in [0.3, 0.4) is 0 Å². The summed E-state index contributed by atoms with van der Waals surface area (Å²) in [4.78, 5) is 7.95. The molecule has 0 fully saturated rings. The topological polar surface area (TPSA) is 22.2 Å². The van der Waals surface area contributed by atoms with Crippen LogP contribution in [0.1, 0.15) is 25.3 Å². The number of para-hydroxylation sites is 1. The quantitative estimate of drug-likeness (QED) is 0.485. The van der Waals surface area contributed by atoms with E-state index < -0.39 is 0 Å². The van der Waals surface area contributed by atoms with Crippen molar-refractivity contribution in [2.75, 3.05) is 0 Å². The Hall–Kier alpha value is -2.21.